The van der Waals surface area contributed by atoms with E-state index in [4.69, 9.17) is 0 Å². The highest BCUT2D eigenvalue weighted by molar-refractivity contribution is 5.96. The van der Waals surface area contributed by atoms with E-state index < -0.39 is 0 Å². The van der Waals surface area contributed by atoms with Crippen molar-refractivity contribution in [3.05, 3.63) is 82.2 Å². The molecule has 3 aliphatic rings. The molecule has 1 aromatic carbocycles. The summed E-state index contributed by atoms with van der Waals surface area (Å²) >= 11 is 0. The topological polar surface area (TPSA) is 52.9 Å². The number of rotatable bonds is 2. The summed E-state index contributed by atoms with van der Waals surface area (Å²) in [5.74, 6) is -0.334. The smallest absolute Gasteiger partial charge is 0.291 e. The Labute approximate surface area is 192 Å². The number of aromatic nitrogens is 2. The van der Waals surface area contributed by atoms with E-state index in [2.05, 4.69) is 10.3 Å². The van der Waals surface area contributed by atoms with Gasteiger partial charge in [-0.3, -0.25) is 9.20 Å². The number of piperidine rings is 1. The number of hydrogen-bond acceptors (Lipinski definition) is 4. The highest BCUT2D eigenvalue weighted by Gasteiger charge is 2.48. The first-order valence-corrected chi connectivity index (χ1v) is 11.7. The van der Waals surface area contributed by atoms with E-state index >= 15 is 0 Å². The maximum atomic E-state index is 14.4. The van der Waals surface area contributed by atoms with Gasteiger partial charge in [0.15, 0.2) is 0 Å². The number of hydrogen-bond donors (Lipinski definition) is 1. The minimum absolute atomic E-state index is 0.0948. The lowest BCUT2D eigenvalue weighted by molar-refractivity contribution is 0.0202. The van der Waals surface area contributed by atoms with Gasteiger partial charge in [0.25, 0.3) is 5.91 Å². The number of likely N-dealkylation sites (N-methyl/N-ethyl adjacent to an activating group) is 1. The average molecular weight is 446 g/mol. The first-order valence-electron chi connectivity index (χ1n) is 11.7. The second-order valence-electron chi connectivity index (χ2n) is 9.59. The molecular formula is C26H28FN5O. The number of benzene rings is 1. The van der Waals surface area contributed by atoms with Crippen LogP contribution in [0, 0.1) is 19.7 Å². The van der Waals surface area contributed by atoms with Gasteiger partial charge in [-0.25, -0.2) is 19.4 Å². The zero-order valence-corrected chi connectivity index (χ0v) is 19.2. The molecule has 1 unspecified atom stereocenters. The lowest BCUT2D eigenvalue weighted by Gasteiger charge is -2.39. The number of fused-ring (bicyclic) bond motifs is 4. The largest absolute Gasteiger partial charge is 0.306 e. The van der Waals surface area contributed by atoms with Gasteiger partial charge >= 0.3 is 0 Å². The Balaban J connectivity index is 1.51. The van der Waals surface area contributed by atoms with Crippen molar-refractivity contribution in [1.82, 2.24) is 24.7 Å². The number of halogens is 1. The minimum atomic E-state index is -0.239. The van der Waals surface area contributed by atoms with Gasteiger partial charge in [-0.2, -0.15) is 0 Å². The number of amides is 1. The maximum Gasteiger partial charge on any atom is 0.291 e. The van der Waals surface area contributed by atoms with Crippen molar-refractivity contribution in [1.29, 1.82) is 0 Å². The summed E-state index contributed by atoms with van der Waals surface area (Å²) in [5, 5.41) is 7.59. The van der Waals surface area contributed by atoms with Crippen LogP contribution in [0.15, 0.2) is 53.9 Å². The van der Waals surface area contributed by atoms with Crippen LogP contribution >= 0.6 is 0 Å². The summed E-state index contributed by atoms with van der Waals surface area (Å²) in [6, 6.07) is 11.3. The summed E-state index contributed by atoms with van der Waals surface area (Å²) in [4.78, 5) is 18.8. The number of carbonyl (C=O) groups is 1. The van der Waals surface area contributed by atoms with Gasteiger partial charge in [0.05, 0.1) is 17.4 Å². The maximum absolute atomic E-state index is 14.4. The fourth-order valence-corrected chi connectivity index (χ4v) is 6.10. The summed E-state index contributed by atoms with van der Waals surface area (Å²) < 4.78 is 16.3. The number of pyridine rings is 1. The van der Waals surface area contributed by atoms with Gasteiger partial charge in [-0.1, -0.05) is 12.1 Å². The molecule has 3 aliphatic heterocycles. The molecule has 1 fully saturated rings. The second-order valence-corrected chi connectivity index (χ2v) is 9.59. The quantitative estimate of drug-likeness (QED) is 0.639. The Kier molecular flexibility index (Phi) is 4.67. The predicted molar refractivity (Wildman–Crippen MR) is 124 cm³/mol. The third-order valence-corrected chi connectivity index (χ3v) is 7.33. The molecule has 3 aromatic rings. The van der Waals surface area contributed by atoms with Crippen molar-refractivity contribution in [3.63, 3.8) is 0 Å². The highest BCUT2D eigenvalue weighted by atomic mass is 19.1. The van der Waals surface area contributed by atoms with Crippen LogP contribution in [-0.2, 0) is 0 Å². The Morgan fingerprint density at radius 3 is 2.85 bits per heavy atom. The molecule has 1 amide bonds. The highest BCUT2D eigenvalue weighted by Crippen LogP contribution is 2.47. The summed E-state index contributed by atoms with van der Waals surface area (Å²) in [6.45, 7) is 3.80. The van der Waals surface area contributed by atoms with Crippen LogP contribution < -0.4 is 5.32 Å². The van der Waals surface area contributed by atoms with Crippen LogP contribution in [-0.4, -0.2) is 44.4 Å². The van der Waals surface area contributed by atoms with Crippen molar-refractivity contribution < 1.29 is 9.18 Å². The summed E-state index contributed by atoms with van der Waals surface area (Å²) in [6.07, 6.45) is 6.02. The molecule has 0 spiro atoms. The molecular weight excluding hydrogens is 417 g/mol. The van der Waals surface area contributed by atoms with Crippen molar-refractivity contribution in [2.24, 2.45) is 0 Å². The Hall–Kier alpha value is -3.03. The monoisotopic (exact) mass is 445 g/mol. The molecule has 6 rings (SSSR count). The zero-order valence-electron chi connectivity index (χ0n) is 19.2. The van der Waals surface area contributed by atoms with E-state index in [9.17, 15) is 9.18 Å². The van der Waals surface area contributed by atoms with Gasteiger partial charge in [0.1, 0.15) is 17.2 Å². The molecule has 5 heterocycles. The van der Waals surface area contributed by atoms with Gasteiger partial charge < -0.3 is 5.32 Å². The van der Waals surface area contributed by atoms with Crippen molar-refractivity contribution in [3.8, 4) is 0 Å². The van der Waals surface area contributed by atoms with Crippen molar-refractivity contribution in [2.75, 3.05) is 7.05 Å². The Morgan fingerprint density at radius 2 is 2.03 bits per heavy atom. The Bertz CT molecular complexity index is 1290. The van der Waals surface area contributed by atoms with Crippen LogP contribution in [0.4, 0.5) is 4.39 Å². The standard InChI is InChI=1S/C26H28FN5O/c1-15-11-17(13-18(27)12-15)24-20-14-19-7-6-8-21(29-19)25(20)32(30(24)3)26(33)23-16(2)28-22-9-4-5-10-31(22)23/h4-5,9-13,19,21,24,29H,6-8,14H2,1-3H3/t19-,21+,24?/m1/s1. The molecule has 1 N–H and O–H groups in total. The molecule has 2 aromatic heterocycles. The fourth-order valence-electron chi connectivity index (χ4n) is 6.10. The predicted octanol–water partition coefficient (Wildman–Crippen LogP) is 4.30. The average Bonchev–Trinajstić information content (AvgIpc) is 3.26. The molecule has 6 nitrogen and oxygen atoms in total. The molecule has 0 saturated carbocycles. The molecule has 170 valence electrons. The van der Waals surface area contributed by atoms with Crippen molar-refractivity contribution in [2.45, 2.75) is 57.7 Å². The van der Waals surface area contributed by atoms with Crippen LogP contribution in [0.5, 0.6) is 0 Å². The summed E-state index contributed by atoms with van der Waals surface area (Å²) in [7, 11) is 1.95. The number of nitrogens with zero attached hydrogens (tertiary/aromatic N) is 4. The minimum Gasteiger partial charge on any atom is -0.306 e. The molecule has 2 bridgehead atoms. The van der Waals surface area contributed by atoms with Gasteiger partial charge in [-0.15, -0.1) is 0 Å². The van der Waals surface area contributed by atoms with Crippen LogP contribution in [0.2, 0.25) is 0 Å². The third-order valence-electron chi connectivity index (χ3n) is 7.33. The van der Waals surface area contributed by atoms with Gasteiger partial charge in [-0.05, 0) is 80.5 Å². The van der Waals surface area contributed by atoms with Crippen molar-refractivity contribution >= 4 is 11.6 Å². The SMILES string of the molecule is Cc1cc(F)cc(C2C3=C([C@@H]4CCC[C@H](C3)N4)N(C(=O)c3c(C)nc4ccccn34)N2C)c1. The van der Waals surface area contributed by atoms with Crippen LogP contribution in [0.3, 0.4) is 0 Å². The molecule has 0 radical (unpaired) electrons. The van der Waals surface area contributed by atoms with Gasteiger partial charge in [0.2, 0.25) is 0 Å². The van der Waals surface area contributed by atoms with E-state index in [0.717, 1.165) is 48.2 Å². The lowest BCUT2D eigenvalue weighted by atomic mass is 9.81. The number of hydrazine groups is 1. The normalized spacial score (nSPS) is 25.1. The molecule has 1 saturated heterocycles. The van der Waals surface area contributed by atoms with E-state index in [1.165, 1.54) is 5.57 Å². The first-order chi connectivity index (χ1) is 15.9. The number of carbonyl (C=O) groups excluding carboxylic acids is 1. The lowest BCUT2D eigenvalue weighted by Crippen LogP contribution is -2.51. The summed E-state index contributed by atoms with van der Waals surface area (Å²) in [5.41, 5.74) is 6.08. The zero-order chi connectivity index (χ0) is 22.9. The Morgan fingerprint density at radius 1 is 1.18 bits per heavy atom. The van der Waals surface area contributed by atoms with Gasteiger partial charge in [0, 0.05) is 25.3 Å². The molecule has 7 heteroatoms. The third kappa shape index (κ3) is 3.14. The fraction of sp³-hybridized carbons (Fsp3) is 0.385. The number of nitrogens with one attached hydrogen (secondary N) is 1. The molecule has 3 atom stereocenters. The van der Waals surface area contributed by atoms with E-state index in [1.54, 1.807) is 12.1 Å². The molecule has 33 heavy (non-hydrogen) atoms. The molecule has 0 aliphatic carbocycles. The number of imidazole rings is 1. The number of aryl methyl sites for hydroxylation is 2. The van der Waals surface area contributed by atoms with E-state index in [0.29, 0.717) is 17.4 Å². The van der Waals surface area contributed by atoms with E-state index in [1.807, 2.05) is 65.8 Å². The van der Waals surface area contributed by atoms with Crippen LogP contribution in [0.25, 0.3) is 5.65 Å². The second kappa shape index (κ2) is 7.50. The first kappa shape index (κ1) is 20.6. The van der Waals surface area contributed by atoms with Crippen LogP contribution in [0.1, 0.15) is 59.0 Å². The van der Waals surface area contributed by atoms with E-state index in [-0.39, 0.29) is 23.8 Å².